The second-order valence-electron chi connectivity index (χ2n) is 6.61. The maximum Gasteiger partial charge on any atom is 0.225 e. The third-order valence-corrected chi connectivity index (χ3v) is 4.82. The minimum absolute atomic E-state index is 0.0532. The molecule has 0 spiro atoms. The molecule has 3 aliphatic rings. The number of aliphatic hydroxyl groups is 1. The largest absolute Gasteiger partial charge is 0.391 e. The van der Waals surface area contributed by atoms with Gasteiger partial charge in [-0.1, -0.05) is 12.8 Å². The summed E-state index contributed by atoms with van der Waals surface area (Å²) in [6.45, 7) is 1.39. The highest BCUT2D eigenvalue weighted by Gasteiger charge is 2.38. The van der Waals surface area contributed by atoms with Crippen molar-refractivity contribution in [2.45, 2.75) is 57.1 Å². The summed E-state index contributed by atoms with van der Waals surface area (Å²) in [5.74, 6) is 0.500. The van der Waals surface area contributed by atoms with E-state index in [9.17, 15) is 14.7 Å². The lowest BCUT2D eigenvalue weighted by atomic mass is 9.92. The maximum atomic E-state index is 12.3. The van der Waals surface area contributed by atoms with Crippen LogP contribution in [-0.2, 0) is 9.59 Å². The SMILES string of the molecule is O=C(NC1CCCCC1O)C1CC(=O)N(CC2CC2)C1. The second-order valence-corrected chi connectivity index (χ2v) is 6.61. The van der Waals surface area contributed by atoms with E-state index in [4.69, 9.17) is 0 Å². The van der Waals surface area contributed by atoms with Gasteiger partial charge in [0, 0.05) is 19.5 Å². The van der Waals surface area contributed by atoms with Crippen molar-refractivity contribution in [3.8, 4) is 0 Å². The lowest BCUT2D eigenvalue weighted by Crippen LogP contribution is -2.47. The van der Waals surface area contributed by atoms with Gasteiger partial charge in [-0.25, -0.2) is 0 Å². The average molecular weight is 280 g/mol. The first-order chi connectivity index (χ1) is 9.63. The van der Waals surface area contributed by atoms with Crippen molar-refractivity contribution in [2.24, 2.45) is 11.8 Å². The summed E-state index contributed by atoms with van der Waals surface area (Å²) in [4.78, 5) is 26.0. The van der Waals surface area contributed by atoms with Crippen LogP contribution >= 0.6 is 0 Å². The second kappa shape index (κ2) is 5.72. The molecule has 1 aliphatic heterocycles. The minimum atomic E-state index is -0.424. The van der Waals surface area contributed by atoms with Gasteiger partial charge < -0.3 is 15.3 Å². The van der Waals surface area contributed by atoms with Crippen LogP contribution in [0.4, 0.5) is 0 Å². The van der Waals surface area contributed by atoms with Crippen molar-refractivity contribution < 1.29 is 14.7 Å². The van der Waals surface area contributed by atoms with E-state index in [2.05, 4.69) is 5.32 Å². The summed E-state index contributed by atoms with van der Waals surface area (Å²) >= 11 is 0. The summed E-state index contributed by atoms with van der Waals surface area (Å²) in [5, 5.41) is 12.9. The summed E-state index contributed by atoms with van der Waals surface area (Å²) in [7, 11) is 0. The Morgan fingerprint density at radius 3 is 2.70 bits per heavy atom. The van der Waals surface area contributed by atoms with Gasteiger partial charge in [0.15, 0.2) is 0 Å². The summed E-state index contributed by atoms with van der Waals surface area (Å²) in [6, 6.07) is -0.121. The first-order valence-corrected chi connectivity index (χ1v) is 7.89. The number of aliphatic hydroxyl groups excluding tert-OH is 1. The summed E-state index contributed by atoms with van der Waals surface area (Å²) < 4.78 is 0. The van der Waals surface area contributed by atoms with Gasteiger partial charge in [0.2, 0.25) is 11.8 Å². The predicted octanol–water partition coefficient (Wildman–Crippen LogP) is 0.665. The zero-order valence-electron chi connectivity index (χ0n) is 11.9. The Balaban J connectivity index is 1.50. The van der Waals surface area contributed by atoms with Gasteiger partial charge in [0.1, 0.15) is 0 Å². The van der Waals surface area contributed by atoms with E-state index < -0.39 is 6.10 Å². The zero-order chi connectivity index (χ0) is 14.1. The van der Waals surface area contributed by atoms with Gasteiger partial charge in [-0.3, -0.25) is 9.59 Å². The van der Waals surface area contributed by atoms with Crippen LogP contribution in [0, 0.1) is 11.8 Å². The average Bonchev–Trinajstić information content (AvgIpc) is 3.16. The number of nitrogens with zero attached hydrogens (tertiary/aromatic N) is 1. The monoisotopic (exact) mass is 280 g/mol. The van der Waals surface area contributed by atoms with Gasteiger partial charge >= 0.3 is 0 Å². The third kappa shape index (κ3) is 3.14. The van der Waals surface area contributed by atoms with Crippen LogP contribution in [0.15, 0.2) is 0 Å². The molecule has 2 amide bonds. The fraction of sp³-hybridized carbons (Fsp3) is 0.867. The molecule has 1 saturated heterocycles. The van der Waals surface area contributed by atoms with Crippen LogP contribution < -0.4 is 5.32 Å². The Hall–Kier alpha value is -1.10. The maximum absolute atomic E-state index is 12.3. The van der Waals surface area contributed by atoms with E-state index in [1.54, 1.807) is 0 Å². The van der Waals surface area contributed by atoms with Gasteiger partial charge in [-0.2, -0.15) is 0 Å². The third-order valence-electron chi connectivity index (χ3n) is 4.82. The molecule has 2 saturated carbocycles. The van der Waals surface area contributed by atoms with E-state index >= 15 is 0 Å². The van der Waals surface area contributed by atoms with Crippen molar-refractivity contribution in [2.75, 3.05) is 13.1 Å². The zero-order valence-corrected chi connectivity index (χ0v) is 11.9. The molecule has 0 aromatic carbocycles. The van der Waals surface area contributed by atoms with Gasteiger partial charge in [0.05, 0.1) is 18.1 Å². The molecule has 2 N–H and O–H groups in total. The van der Waals surface area contributed by atoms with Crippen LogP contribution in [0.2, 0.25) is 0 Å². The Bertz CT molecular complexity index is 395. The predicted molar refractivity (Wildman–Crippen MR) is 73.8 cm³/mol. The first kappa shape index (κ1) is 13.9. The molecule has 0 bridgehead atoms. The Labute approximate surface area is 119 Å². The lowest BCUT2D eigenvalue weighted by Gasteiger charge is -2.29. The molecule has 3 atom stereocenters. The normalized spacial score (nSPS) is 34.4. The van der Waals surface area contributed by atoms with E-state index in [0.717, 1.165) is 32.2 Å². The number of nitrogens with one attached hydrogen (secondary N) is 1. The van der Waals surface area contributed by atoms with Crippen molar-refractivity contribution in [1.82, 2.24) is 10.2 Å². The minimum Gasteiger partial charge on any atom is -0.391 e. The van der Waals surface area contributed by atoms with E-state index in [1.165, 1.54) is 12.8 Å². The Morgan fingerprint density at radius 2 is 2.00 bits per heavy atom. The molecule has 0 radical (unpaired) electrons. The quantitative estimate of drug-likeness (QED) is 0.795. The molecular formula is C15H24N2O3. The fourth-order valence-corrected chi connectivity index (χ4v) is 3.32. The standard InChI is InChI=1S/C15H24N2O3/c18-13-4-2-1-3-12(13)16-15(20)11-7-14(19)17(9-11)8-10-5-6-10/h10-13,18H,1-9H2,(H,16,20). The molecule has 112 valence electrons. The van der Waals surface area contributed by atoms with Gasteiger partial charge in [-0.05, 0) is 31.6 Å². The number of hydrogen-bond donors (Lipinski definition) is 2. The number of hydrogen-bond acceptors (Lipinski definition) is 3. The number of likely N-dealkylation sites (tertiary alicyclic amines) is 1. The highest BCUT2D eigenvalue weighted by atomic mass is 16.3. The smallest absolute Gasteiger partial charge is 0.225 e. The fourth-order valence-electron chi connectivity index (χ4n) is 3.32. The number of amides is 2. The van der Waals surface area contributed by atoms with E-state index in [1.807, 2.05) is 4.90 Å². The molecule has 3 rings (SSSR count). The molecule has 20 heavy (non-hydrogen) atoms. The van der Waals surface area contributed by atoms with Crippen molar-refractivity contribution in [3.63, 3.8) is 0 Å². The van der Waals surface area contributed by atoms with Gasteiger partial charge in [0.25, 0.3) is 0 Å². The first-order valence-electron chi connectivity index (χ1n) is 7.89. The van der Waals surface area contributed by atoms with Crippen LogP contribution in [0.5, 0.6) is 0 Å². The van der Waals surface area contributed by atoms with Crippen LogP contribution in [0.25, 0.3) is 0 Å². The molecule has 5 heteroatoms. The van der Waals surface area contributed by atoms with E-state index in [0.29, 0.717) is 18.9 Å². The molecule has 2 aliphatic carbocycles. The summed E-state index contributed by atoms with van der Waals surface area (Å²) in [5.41, 5.74) is 0. The molecule has 1 heterocycles. The molecule has 5 nitrogen and oxygen atoms in total. The number of carbonyl (C=O) groups excluding carboxylic acids is 2. The molecule has 0 aromatic rings. The Kier molecular flexibility index (Phi) is 3.96. The number of rotatable bonds is 4. The van der Waals surface area contributed by atoms with Crippen LogP contribution in [-0.4, -0.2) is 47.1 Å². The molecule has 3 unspecified atom stereocenters. The topological polar surface area (TPSA) is 69.6 Å². The van der Waals surface area contributed by atoms with Crippen LogP contribution in [0.3, 0.4) is 0 Å². The van der Waals surface area contributed by atoms with Crippen molar-refractivity contribution >= 4 is 11.8 Å². The Morgan fingerprint density at radius 1 is 1.25 bits per heavy atom. The highest BCUT2D eigenvalue weighted by Crippen LogP contribution is 2.32. The van der Waals surface area contributed by atoms with Crippen LogP contribution in [0.1, 0.15) is 44.9 Å². The molecule has 3 fully saturated rings. The van der Waals surface area contributed by atoms with Gasteiger partial charge in [-0.15, -0.1) is 0 Å². The molecule has 0 aromatic heterocycles. The molecular weight excluding hydrogens is 256 g/mol. The van der Waals surface area contributed by atoms with Crippen molar-refractivity contribution in [3.05, 3.63) is 0 Å². The van der Waals surface area contributed by atoms with E-state index in [-0.39, 0.29) is 23.8 Å². The van der Waals surface area contributed by atoms with Crippen molar-refractivity contribution in [1.29, 1.82) is 0 Å². The number of carbonyl (C=O) groups is 2. The summed E-state index contributed by atoms with van der Waals surface area (Å²) in [6.07, 6.45) is 6.05. The highest BCUT2D eigenvalue weighted by molar-refractivity contribution is 5.89. The lowest BCUT2D eigenvalue weighted by molar-refractivity contribution is -0.129.